The van der Waals surface area contributed by atoms with Crippen LogP contribution in [-0.4, -0.2) is 42.8 Å². The second kappa shape index (κ2) is 10.2. The summed E-state index contributed by atoms with van der Waals surface area (Å²) in [5.41, 5.74) is 0. The Hall–Kier alpha value is -0.750. The molecule has 0 aliphatic heterocycles. The Kier molecular flexibility index (Phi) is 9.77. The van der Waals surface area contributed by atoms with Gasteiger partial charge in [0.1, 0.15) is 6.54 Å². The number of hydrogen-bond acceptors (Lipinski definition) is 5. The molecule has 0 heterocycles. The van der Waals surface area contributed by atoms with E-state index in [9.17, 15) is 9.59 Å². The van der Waals surface area contributed by atoms with Gasteiger partial charge in [-0.25, -0.2) is 5.09 Å². The van der Waals surface area contributed by atoms with Crippen molar-refractivity contribution >= 4 is 20.4 Å². The standard InChI is InChI=1S/C10H21N2O5P/c1-4-6-17-18(16-5-2)12-8(3)10(15)11-7-9(13)14/h8,12H,4-7H2,1-3H3,(H,11,15)(H,13,14). The fourth-order valence-electron chi connectivity index (χ4n) is 0.936. The van der Waals surface area contributed by atoms with Gasteiger partial charge in [0.2, 0.25) is 5.91 Å². The number of carboxylic acids is 1. The van der Waals surface area contributed by atoms with E-state index in [1.54, 1.807) is 6.92 Å². The molecule has 2 unspecified atom stereocenters. The maximum absolute atomic E-state index is 11.5. The zero-order valence-electron chi connectivity index (χ0n) is 10.9. The molecule has 0 radical (unpaired) electrons. The highest BCUT2D eigenvalue weighted by Crippen LogP contribution is 2.33. The molecule has 0 spiro atoms. The van der Waals surface area contributed by atoms with Crippen molar-refractivity contribution in [3.8, 4) is 0 Å². The highest BCUT2D eigenvalue weighted by Gasteiger charge is 2.19. The maximum Gasteiger partial charge on any atom is 0.322 e. The molecular formula is C10H21N2O5P. The van der Waals surface area contributed by atoms with Crippen molar-refractivity contribution in [2.45, 2.75) is 33.2 Å². The first-order chi connectivity index (χ1) is 8.51. The molecule has 106 valence electrons. The lowest BCUT2D eigenvalue weighted by Crippen LogP contribution is -2.42. The van der Waals surface area contributed by atoms with Crippen molar-refractivity contribution in [2.24, 2.45) is 0 Å². The highest BCUT2D eigenvalue weighted by molar-refractivity contribution is 7.45. The van der Waals surface area contributed by atoms with Crippen LogP contribution in [0.3, 0.4) is 0 Å². The minimum absolute atomic E-state index is 0.396. The fraction of sp³-hybridized carbons (Fsp3) is 0.800. The highest BCUT2D eigenvalue weighted by atomic mass is 31.2. The minimum atomic E-state index is -1.32. The SMILES string of the molecule is CCCOP(NC(C)C(=O)NCC(=O)O)OCC. The van der Waals surface area contributed by atoms with Crippen molar-refractivity contribution in [3.05, 3.63) is 0 Å². The topological polar surface area (TPSA) is 96.9 Å². The number of nitrogens with one attached hydrogen (secondary N) is 2. The third-order valence-corrected chi connectivity index (χ3v) is 3.27. The van der Waals surface area contributed by atoms with E-state index in [1.807, 2.05) is 13.8 Å². The lowest BCUT2D eigenvalue weighted by Gasteiger charge is -2.20. The van der Waals surface area contributed by atoms with Crippen LogP contribution in [0.1, 0.15) is 27.2 Å². The van der Waals surface area contributed by atoms with Crippen molar-refractivity contribution in [3.63, 3.8) is 0 Å². The summed E-state index contributed by atoms with van der Waals surface area (Å²) in [4.78, 5) is 21.8. The van der Waals surface area contributed by atoms with Gasteiger partial charge in [-0.15, -0.1) is 0 Å². The van der Waals surface area contributed by atoms with Gasteiger partial charge in [0.05, 0.1) is 19.3 Å². The Bertz CT molecular complexity index is 265. The van der Waals surface area contributed by atoms with Crippen LogP contribution in [0.5, 0.6) is 0 Å². The summed E-state index contributed by atoms with van der Waals surface area (Å²) in [6.45, 7) is 6.06. The first-order valence-corrected chi connectivity index (χ1v) is 7.00. The van der Waals surface area contributed by atoms with Crippen molar-refractivity contribution in [1.29, 1.82) is 0 Å². The quantitative estimate of drug-likeness (QED) is 0.513. The number of carboxylic acid groups (broad SMARTS) is 1. The van der Waals surface area contributed by atoms with Gasteiger partial charge >= 0.3 is 5.97 Å². The maximum atomic E-state index is 11.5. The van der Waals surface area contributed by atoms with Gasteiger partial charge in [0.25, 0.3) is 8.53 Å². The summed E-state index contributed by atoms with van der Waals surface area (Å²) in [5.74, 6) is -1.48. The van der Waals surface area contributed by atoms with E-state index in [1.165, 1.54) is 0 Å². The van der Waals surface area contributed by atoms with Gasteiger partial charge < -0.3 is 19.5 Å². The number of carbonyl (C=O) groups excluding carboxylic acids is 1. The Morgan fingerprint density at radius 3 is 2.50 bits per heavy atom. The number of amides is 1. The third-order valence-electron chi connectivity index (χ3n) is 1.77. The summed E-state index contributed by atoms with van der Waals surface area (Å²) >= 11 is 0. The van der Waals surface area contributed by atoms with Gasteiger partial charge in [-0.2, -0.15) is 0 Å². The lowest BCUT2D eigenvalue weighted by atomic mass is 10.3. The van der Waals surface area contributed by atoms with E-state index in [0.717, 1.165) is 6.42 Å². The van der Waals surface area contributed by atoms with Gasteiger partial charge in [0.15, 0.2) is 0 Å². The molecule has 0 aliphatic rings. The monoisotopic (exact) mass is 280 g/mol. The van der Waals surface area contributed by atoms with Gasteiger partial charge in [-0.05, 0) is 20.3 Å². The average Bonchev–Trinajstić information content (AvgIpc) is 2.33. The third kappa shape index (κ3) is 8.36. The summed E-state index contributed by atoms with van der Waals surface area (Å²) in [6, 6.07) is -0.570. The number of rotatable bonds is 10. The molecular weight excluding hydrogens is 259 g/mol. The second-order valence-electron chi connectivity index (χ2n) is 3.47. The molecule has 0 fully saturated rings. The van der Waals surface area contributed by atoms with Crippen molar-refractivity contribution in [2.75, 3.05) is 19.8 Å². The number of carbonyl (C=O) groups is 2. The molecule has 0 saturated heterocycles. The van der Waals surface area contributed by atoms with Crippen LogP contribution >= 0.6 is 8.53 Å². The molecule has 7 nitrogen and oxygen atoms in total. The van der Waals surface area contributed by atoms with Gasteiger partial charge in [0, 0.05) is 0 Å². The van der Waals surface area contributed by atoms with Crippen LogP contribution in [0.4, 0.5) is 0 Å². The van der Waals surface area contributed by atoms with Crippen LogP contribution in [0.25, 0.3) is 0 Å². The summed E-state index contributed by atoms with van der Waals surface area (Å²) in [6.07, 6.45) is 0.854. The van der Waals surface area contributed by atoms with Crippen LogP contribution in [0, 0.1) is 0 Å². The smallest absolute Gasteiger partial charge is 0.322 e. The molecule has 0 aromatic heterocycles. The molecule has 8 heteroatoms. The lowest BCUT2D eigenvalue weighted by molar-refractivity contribution is -0.138. The molecule has 0 rings (SSSR count). The molecule has 2 atom stereocenters. The Morgan fingerprint density at radius 2 is 2.00 bits per heavy atom. The molecule has 0 aromatic carbocycles. The predicted octanol–water partition coefficient (Wildman–Crippen LogP) is 0.855. The van der Waals surface area contributed by atoms with E-state index in [0.29, 0.717) is 13.2 Å². The van der Waals surface area contributed by atoms with E-state index >= 15 is 0 Å². The van der Waals surface area contributed by atoms with E-state index in [2.05, 4.69) is 10.4 Å². The number of hydrogen-bond donors (Lipinski definition) is 3. The van der Waals surface area contributed by atoms with Crippen LogP contribution in [-0.2, 0) is 18.6 Å². The largest absolute Gasteiger partial charge is 0.480 e. The summed E-state index contributed by atoms with van der Waals surface area (Å²) in [5, 5.41) is 13.6. The van der Waals surface area contributed by atoms with Gasteiger partial charge in [-0.1, -0.05) is 6.92 Å². The normalized spacial score (nSPS) is 13.9. The Balaban J connectivity index is 4.08. The molecule has 0 aliphatic carbocycles. The average molecular weight is 280 g/mol. The number of aliphatic carboxylic acids is 1. The van der Waals surface area contributed by atoms with Crippen molar-refractivity contribution in [1.82, 2.24) is 10.4 Å². The van der Waals surface area contributed by atoms with E-state index in [4.69, 9.17) is 14.2 Å². The van der Waals surface area contributed by atoms with E-state index < -0.39 is 33.0 Å². The van der Waals surface area contributed by atoms with Gasteiger partial charge in [-0.3, -0.25) is 9.59 Å². The zero-order valence-corrected chi connectivity index (χ0v) is 11.8. The first kappa shape index (κ1) is 17.2. The second-order valence-corrected chi connectivity index (χ2v) is 4.76. The van der Waals surface area contributed by atoms with Crippen LogP contribution < -0.4 is 10.4 Å². The fourth-order valence-corrected chi connectivity index (χ4v) is 2.18. The molecule has 0 saturated carbocycles. The Morgan fingerprint density at radius 1 is 1.33 bits per heavy atom. The molecule has 0 aromatic rings. The van der Waals surface area contributed by atoms with Crippen LogP contribution in [0.15, 0.2) is 0 Å². The minimum Gasteiger partial charge on any atom is -0.480 e. The van der Waals surface area contributed by atoms with Crippen molar-refractivity contribution < 1.29 is 23.7 Å². The first-order valence-electron chi connectivity index (χ1n) is 5.82. The van der Waals surface area contributed by atoms with Crippen LogP contribution in [0.2, 0.25) is 0 Å². The molecule has 18 heavy (non-hydrogen) atoms. The molecule has 3 N–H and O–H groups in total. The zero-order chi connectivity index (χ0) is 14.0. The molecule has 1 amide bonds. The molecule has 0 bridgehead atoms. The summed E-state index contributed by atoms with van der Waals surface area (Å²) in [7, 11) is -1.32. The predicted molar refractivity (Wildman–Crippen MR) is 68.0 cm³/mol. The Labute approximate surface area is 108 Å². The van der Waals surface area contributed by atoms with E-state index in [-0.39, 0.29) is 0 Å². The summed E-state index contributed by atoms with van der Waals surface area (Å²) < 4.78 is 10.7.